The van der Waals surface area contributed by atoms with Crippen molar-refractivity contribution >= 4 is 12.6 Å². The number of allylic oxidation sites excluding steroid dienone is 8. The number of phenols is 2. The van der Waals surface area contributed by atoms with E-state index in [2.05, 4.69) is 24.3 Å². The fourth-order valence-electron chi connectivity index (χ4n) is 1.88. The van der Waals surface area contributed by atoms with Crippen molar-refractivity contribution in [3.05, 3.63) is 108 Å². The van der Waals surface area contributed by atoms with E-state index >= 15 is 0 Å². The maximum Gasteiger partial charge on any atom is 2.00 e. The molecule has 2 N–H and O–H groups in total. The Morgan fingerprint density at radius 2 is 1.14 bits per heavy atom. The molecule has 4 rings (SSSR count). The molecule has 0 atom stereocenters. The number of carbonyl (C=O) groups excluding carboxylic acids is 2. The summed E-state index contributed by atoms with van der Waals surface area (Å²) in [5.41, 5.74) is 0.991. The first-order valence-corrected chi connectivity index (χ1v) is 8.57. The number of phenolic OH excluding ortho intramolecular Hbond substituents is 2. The zero-order valence-corrected chi connectivity index (χ0v) is 18.3. The minimum Gasteiger partial charge on any atom is -0.508 e. The first kappa shape index (κ1) is 26.2. The molecule has 2 aliphatic carbocycles. The molecule has 0 bridgehead atoms. The van der Waals surface area contributed by atoms with Gasteiger partial charge < -0.3 is 10.2 Å². The summed E-state index contributed by atoms with van der Waals surface area (Å²) < 4.78 is 0. The third kappa shape index (κ3) is 14.0. The third-order valence-corrected chi connectivity index (χ3v) is 3.18. The largest absolute Gasteiger partial charge is 2.00 e. The van der Waals surface area contributed by atoms with Crippen LogP contribution in [-0.2, 0) is 26.2 Å². The second-order valence-electron chi connectivity index (χ2n) is 5.43. The molecule has 0 amide bonds. The summed E-state index contributed by atoms with van der Waals surface area (Å²) in [6.45, 7) is 0. The van der Waals surface area contributed by atoms with Gasteiger partial charge in [-0.05, 0) is 24.3 Å². The summed E-state index contributed by atoms with van der Waals surface area (Å²) in [6.07, 6.45) is 21.4. The second-order valence-corrected chi connectivity index (χ2v) is 5.43. The molecule has 2 aromatic carbocycles. The Morgan fingerprint density at radius 1 is 0.724 bits per heavy atom. The summed E-state index contributed by atoms with van der Waals surface area (Å²) in [5, 5.41) is 17.6. The Hall–Kier alpha value is -2.78. The molecule has 0 aliphatic heterocycles. The van der Waals surface area contributed by atoms with E-state index in [0.29, 0.717) is 23.7 Å². The SMILES string of the molecule is O=Cc1cccc(O)c1.O=Cc1cccc(O)c1.[C-]1=CC=CC1.[C-]1=CC=CC1.[Zr+2]. The Bertz CT molecular complexity index is 760. The molecule has 0 unspecified atom stereocenters. The Balaban J connectivity index is 0.000000369. The number of rotatable bonds is 2. The smallest absolute Gasteiger partial charge is 0.508 e. The summed E-state index contributed by atoms with van der Waals surface area (Å²) in [6, 6.07) is 12.4. The van der Waals surface area contributed by atoms with E-state index in [1.807, 2.05) is 24.3 Å². The van der Waals surface area contributed by atoms with Gasteiger partial charge in [-0.15, -0.1) is 12.8 Å². The number of carbonyl (C=O) groups is 2. The Labute approximate surface area is 190 Å². The third-order valence-electron chi connectivity index (χ3n) is 3.18. The molecular weight excluding hydrogens is 443 g/mol. The van der Waals surface area contributed by atoms with E-state index in [1.165, 1.54) is 24.3 Å². The van der Waals surface area contributed by atoms with Crippen molar-refractivity contribution in [1.82, 2.24) is 0 Å². The minimum absolute atomic E-state index is 0. The van der Waals surface area contributed by atoms with Gasteiger partial charge in [0, 0.05) is 11.1 Å². The molecule has 146 valence electrons. The molecule has 2 aliphatic rings. The first-order chi connectivity index (χ1) is 13.7. The molecule has 2 aromatic rings. The molecule has 0 spiro atoms. The number of hydrogen-bond donors (Lipinski definition) is 2. The number of aldehydes is 2. The Morgan fingerprint density at radius 3 is 1.31 bits per heavy atom. The van der Waals surface area contributed by atoms with Crippen LogP contribution in [0.3, 0.4) is 0 Å². The summed E-state index contributed by atoms with van der Waals surface area (Å²) in [5.74, 6) is 0.249. The topological polar surface area (TPSA) is 74.6 Å². The Kier molecular flexibility index (Phi) is 15.7. The minimum atomic E-state index is 0. The van der Waals surface area contributed by atoms with Gasteiger partial charge in [0.1, 0.15) is 24.1 Å². The molecule has 0 radical (unpaired) electrons. The number of hydrogen-bond acceptors (Lipinski definition) is 4. The fraction of sp³-hybridized carbons (Fsp3) is 0.0833. The van der Waals surface area contributed by atoms with Crippen LogP contribution < -0.4 is 0 Å². The summed E-state index contributed by atoms with van der Waals surface area (Å²) in [4.78, 5) is 20.1. The number of aromatic hydroxyl groups is 2. The van der Waals surface area contributed by atoms with Crippen molar-refractivity contribution in [1.29, 1.82) is 0 Å². The van der Waals surface area contributed by atoms with Crippen molar-refractivity contribution in [2.45, 2.75) is 12.8 Å². The van der Waals surface area contributed by atoms with Crippen molar-refractivity contribution in [3.8, 4) is 11.5 Å². The van der Waals surface area contributed by atoms with Crippen LogP contribution in [-0.4, -0.2) is 22.8 Å². The predicted octanol–water partition coefficient (Wildman–Crippen LogP) is 5.02. The first-order valence-electron chi connectivity index (χ1n) is 8.57. The normalized spacial score (nSPS) is 11.6. The van der Waals surface area contributed by atoms with Crippen LogP contribution in [0.1, 0.15) is 33.6 Å². The van der Waals surface area contributed by atoms with Crippen molar-refractivity contribution in [3.63, 3.8) is 0 Å². The quantitative estimate of drug-likeness (QED) is 0.482. The van der Waals surface area contributed by atoms with Crippen LogP contribution in [0.25, 0.3) is 0 Å². The van der Waals surface area contributed by atoms with Gasteiger partial charge >= 0.3 is 26.2 Å². The molecule has 29 heavy (non-hydrogen) atoms. The molecular formula is C24H22O4Zr. The van der Waals surface area contributed by atoms with Gasteiger partial charge in [0.2, 0.25) is 0 Å². The average molecular weight is 466 g/mol. The number of benzene rings is 2. The van der Waals surface area contributed by atoms with Crippen LogP contribution >= 0.6 is 0 Å². The summed E-state index contributed by atoms with van der Waals surface area (Å²) >= 11 is 0. The molecule has 0 heterocycles. The second kappa shape index (κ2) is 17.3. The van der Waals surface area contributed by atoms with Crippen LogP contribution in [0.15, 0.2) is 85.0 Å². The van der Waals surface area contributed by atoms with Crippen molar-refractivity contribution < 1.29 is 46.0 Å². The standard InChI is InChI=1S/2C7H6O2.2C5H5.Zr/c2*8-5-6-2-1-3-7(9)4-6;2*1-2-4-5-3-1;/h2*1-5,9H;2*1-3H,4H2;/q;;2*-1;+2. The maximum atomic E-state index is 10.0. The van der Waals surface area contributed by atoms with Crippen LogP contribution in [0.2, 0.25) is 0 Å². The van der Waals surface area contributed by atoms with E-state index in [0.717, 1.165) is 12.8 Å². The van der Waals surface area contributed by atoms with Gasteiger partial charge in [0.25, 0.3) is 0 Å². The van der Waals surface area contributed by atoms with Crippen LogP contribution in [0, 0.1) is 12.2 Å². The van der Waals surface area contributed by atoms with E-state index in [9.17, 15) is 9.59 Å². The molecule has 0 saturated carbocycles. The monoisotopic (exact) mass is 464 g/mol. The summed E-state index contributed by atoms with van der Waals surface area (Å²) in [7, 11) is 0. The van der Waals surface area contributed by atoms with Gasteiger partial charge in [-0.3, -0.25) is 21.7 Å². The van der Waals surface area contributed by atoms with Crippen molar-refractivity contribution in [2.24, 2.45) is 0 Å². The zero-order chi connectivity index (χ0) is 20.5. The van der Waals surface area contributed by atoms with Gasteiger partial charge in [-0.2, -0.15) is 12.2 Å². The van der Waals surface area contributed by atoms with Crippen LogP contribution in [0.4, 0.5) is 0 Å². The van der Waals surface area contributed by atoms with E-state index in [1.54, 1.807) is 24.3 Å². The molecule has 4 nitrogen and oxygen atoms in total. The predicted molar refractivity (Wildman–Crippen MR) is 110 cm³/mol. The van der Waals surface area contributed by atoms with E-state index in [4.69, 9.17) is 10.2 Å². The van der Waals surface area contributed by atoms with Gasteiger partial charge in [0.15, 0.2) is 0 Å². The maximum absolute atomic E-state index is 10.0. The van der Waals surface area contributed by atoms with Crippen LogP contribution in [0.5, 0.6) is 11.5 Å². The van der Waals surface area contributed by atoms with E-state index in [-0.39, 0.29) is 37.7 Å². The van der Waals surface area contributed by atoms with Gasteiger partial charge in [0.05, 0.1) is 0 Å². The molecule has 5 heteroatoms. The molecule has 0 fully saturated rings. The van der Waals surface area contributed by atoms with E-state index < -0.39 is 0 Å². The fourth-order valence-corrected chi connectivity index (χ4v) is 1.88. The molecule has 0 aromatic heterocycles. The zero-order valence-electron chi connectivity index (χ0n) is 15.9. The molecule has 0 saturated heterocycles. The van der Waals surface area contributed by atoms with Crippen molar-refractivity contribution in [2.75, 3.05) is 0 Å². The van der Waals surface area contributed by atoms with Gasteiger partial charge in [-0.25, -0.2) is 24.3 Å². The van der Waals surface area contributed by atoms with Gasteiger partial charge in [-0.1, -0.05) is 24.3 Å². The average Bonchev–Trinajstić information content (AvgIpc) is 3.47.